The van der Waals surface area contributed by atoms with Crippen molar-refractivity contribution in [2.75, 3.05) is 0 Å². The maximum atomic E-state index is 9.89. The minimum Gasteiger partial charge on any atom is -1.00 e. The summed E-state index contributed by atoms with van der Waals surface area (Å²) < 4.78 is 0. The molecule has 0 aliphatic heterocycles. The van der Waals surface area contributed by atoms with Gasteiger partial charge in [-0.25, -0.2) is 0 Å². The summed E-state index contributed by atoms with van der Waals surface area (Å²) >= 11 is 34.5. The van der Waals surface area contributed by atoms with Crippen LogP contribution in [-0.4, -0.2) is 30.2 Å². The van der Waals surface area contributed by atoms with Crippen molar-refractivity contribution in [3.8, 4) is 0 Å². The van der Waals surface area contributed by atoms with Crippen LogP contribution in [0.25, 0.3) is 55.2 Å². The molecule has 0 spiro atoms. The number of benzene rings is 6. The Hall–Kier alpha value is -1.69. The molecule has 0 heterocycles. The fourth-order valence-corrected chi connectivity index (χ4v) is 15.3. The summed E-state index contributed by atoms with van der Waals surface area (Å²) in [6.07, 6.45) is 7.55. The van der Waals surface area contributed by atoms with Crippen LogP contribution in [0.2, 0.25) is 24.2 Å². The fourth-order valence-electron chi connectivity index (χ4n) is 9.72. The van der Waals surface area contributed by atoms with Crippen LogP contribution in [0.3, 0.4) is 0 Å². The van der Waals surface area contributed by atoms with Gasteiger partial charge in [0.2, 0.25) is 0 Å². The topological polar surface area (TPSA) is 40.5 Å². The van der Waals surface area contributed by atoms with Crippen molar-refractivity contribution >= 4 is 142 Å². The number of hydrogen-bond acceptors (Lipinski definition) is 2. The molecule has 352 valence electrons. The van der Waals surface area contributed by atoms with E-state index < -0.39 is 20.6 Å². The second-order valence-electron chi connectivity index (χ2n) is 17.7. The Morgan fingerprint density at radius 2 is 0.794 bits per heavy atom. The van der Waals surface area contributed by atoms with E-state index in [0.717, 1.165) is 12.8 Å². The van der Waals surface area contributed by atoms with Gasteiger partial charge >= 0.3 is 46.8 Å². The first-order valence-electron chi connectivity index (χ1n) is 22.3. The summed E-state index contributed by atoms with van der Waals surface area (Å²) in [4.78, 5) is 19.8. The van der Waals surface area contributed by atoms with Gasteiger partial charge in [0.25, 0.3) is 0 Å². The van der Waals surface area contributed by atoms with Crippen LogP contribution in [0.15, 0.2) is 157 Å². The molecular weight excluding hydrogens is 1140 g/mol. The Bertz CT molecular complexity index is 2760. The third-order valence-electron chi connectivity index (χ3n) is 12.8. The van der Waals surface area contributed by atoms with Crippen molar-refractivity contribution in [3.05, 3.63) is 190 Å². The summed E-state index contributed by atoms with van der Waals surface area (Å²) in [5, 5.41) is 10.7. The van der Waals surface area contributed by atoms with Crippen LogP contribution in [0.4, 0.5) is 0 Å². The number of halogens is 8. The number of rotatable bonds is 12. The largest absolute Gasteiger partial charge is 4.00 e. The number of fused-ring (bicyclic) bond motifs is 8. The maximum absolute atomic E-state index is 9.89. The fraction of sp³-hybridized carbons (Fsp3) is 0.222. The smallest absolute Gasteiger partial charge is 1.00 e. The van der Waals surface area contributed by atoms with Gasteiger partial charge in [0.05, 0.1) is 0 Å². The monoisotopic (exact) mass is 1190 g/mol. The Balaban J connectivity index is 0.000000188. The second kappa shape index (κ2) is 24.8. The van der Waals surface area contributed by atoms with E-state index in [1.807, 2.05) is 0 Å². The van der Waals surface area contributed by atoms with Crippen LogP contribution in [-0.2, 0) is 26.2 Å². The molecule has 2 atom stereocenters. The van der Waals surface area contributed by atoms with E-state index in [1.165, 1.54) is 87.6 Å². The van der Waals surface area contributed by atoms with E-state index >= 15 is 0 Å². The van der Waals surface area contributed by atoms with Gasteiger partial charge in [-0.05, 0) is 81.8 Å². The zero-order valence-corrected chi connectivity index (χ0v) is 49.2. The molecule has 0 aromatic heterocycles. The summed E-state index contributed by atoms with van der Waals surface area (Å²) in [7, 11) is -3.12. The molecule has 8 aromatic carbocycles. The van der Waals surface area contributed by atoms with Gasteiger partial charge in [-0.1, -0.05) is 134 Å². The predicted octanol–water partition coefficient (Wildman–Crippen LogP) is 11.8. The first-order valence-corrected chi connectivity index (χ1v) is 35.1. The number of unbranched alkanes of at least 4 members (excludes halogenated alkanes) is 2. The Labute approximate surface area is 463 Å². The molecule has 0 bridgehead atoms. The first kappa shape index (κ1) is 57.2. The van der Waals surface area contributed by atoms with Gasteiger partial charge in [0.15, 0.2) is 0 Å². The van der Waals surface area contributed by atoms with E-state index in [9.17, 15) is 9.59 Å². The Morgan fingerprint density at radius 1 is 0.456 bits per heavy atom. The molecule has 10 rings (SSSR count). The van der Waals surface area contributed by atoms with Crippen molar-refractivity contribution in [1.29, 1.82) is 0 Å². The Kier molecular flexibility index (Phi) is 20.9. The average molecular weight is 1190 g/mol. The van der Waals surface area contributed by atoms with Crippen LogP contribution >= 0.6 is 66.5 Å². The van der Waals surface area contributed by atoms with Crippen molar-refractivity contribution in [2.45, 2.75) is 75.5 Å². The van der Waals surface area contributed by atoms with Crippen molar-refractivity contribution in [1.82, 2.24) is 0 Å². The van der Waals surface area contributed by atoms with Gasteiger partial charge in [0, 0.05) is 11.8 Å². The van der Waals surface area contributed by atoms with E-state index in [4.69, 9.17) is 66.5 Å². The van der Waals surface area contributed by atoms with Gasteiger partial charge < -0.3 is 34.4 Å². The molecule has 0 amide bonds. The quantitative estimate of drug-likeness (QED) is 0.0554. The van der Waals surface area contributed by atoms with Crippen molar-refractivity contribution in [3.63, 3.8) is 0 Å². The van der Waals surface area contributed by atoms with E-state index in [1.54, 1.807) is 0 Å². The molecule has 0 saturated heterocycles. The second-order valence-corrected chi connectivity index (χ2v) is 39.2. The molecule has 2 aliphatic rings. The summed E-state index contributed by atoms with van der Waals surface area (Å²) in [6, 6.07) is 50.0. The summed E-state index contributed by atoms with van der Waals surface area (Å²) in [6.45, 7) is 4.52. The van der Waals surface area contributed by atoms with E-state index in [-0.39, 0.29) is 51.0 Å². The summed E-state index contributed by atoms with van der Waals surface area (Å²) in [5.74, 6) is 0.781. The van der Waals surface area contributed by atoms with Crippen LogP contribution in [0, 0.1) is 0 Å². The first-order chi connectivity index (χ1) is 31.0. The zero-order valence-electron chi connectivity index (χ0n) is 37.7. The predicted molar refractivity (Wildman–Crippen MR) is 292 cm³/mol. The number of hydrogen-bond donors (Lipinski definition) is 2. The zero-order chi connectivity index (χ0) is 45.9. The van der Waals surface area contributed by atoms with Crippen molar-refractivity contribution in [2.24, 2.45) is 0 Å². The molecule has 2 unspecified atom stereocenters. The molecule has 0 radical (unpaired) electrons. The molecule has 2 N–H and O–H groups in total. The van der Waals surface area contributed by atoms with Gasteiger partial charge in [0.1, 0.15) is 0 Å². The SMILES string of the molecule is CC1=Cc2c(ccc3ccccc23)C1c1cc2ccccc2[cH-]1.CC1=Cc2c(ccc3ccccc23)C1c1cc2ccccc2[cH-]1.O[Si](O)(CCCC[Si](Cl)(Cl)Cl)CCCC[Si](Cl)(Cl)Cl.[Cl-].[Cl-].[Zr+4]. The van der Waals surface area contributed by atoms with E-state index in [0.29, 0.717) is 48.9 Å². The van der Waals surface area contributed by atoms with Crippen LogP contribution in [0.1, 0.15) is 84.7 Å². The maximum Gasteiger partial charge on any atom is 4.00 e. The molecule has 2 aliphatic carbocycles. The van der Waals surface area contributed by atoms with Gasteiger partial charge in [-0.2, -0.15) is 12.1 Å². The van der Waals surface area contributed by atoms with E-state index in [2.05, 4.69) is 172 Å². The van der Waals surface area contributed by atoms with Gasteiger partial charge in [-0.3, -0.25) is 0 Å². The number of allylic oxidation sites excluding steroid dienone is 2. The average Bonchev–Trinajstić information content (AvgIpc) is 4.05. The molecule has 0 saturated carbocycles. The summed E-state index contributed by atoms with van der Waals surface area (Å²) in [5.41, 5.74) is 11.4. The van der Waals surface area contributed by atoms with Crippen molar-refractivity contribution < 1.29 is 60.6 Å². The minimum absolute atomic E-state index is 0. The normalized spacial score (nSPS) is 15.2. The standard InChI is InChI=1S/2C23H17.C8H18Cl6O2Si3.2ClH.Zr/c2*1-15-12-22-20-9-5-4-6-16(20)10-11-21(22)23(15)19-13-17-7-2-3-8-18(17)14-19;9-18(10,11)7-3-1-5-17(15,16)6-2-4-8-19(12,13)14;;;/h2*2-14,23H,1H3;15-16H,1-8H2;2*1H;/q2*-1;;;;+4/p-2. The molecular formula is C54H52Cl8O2Si3Zr. The molecule has 8 aromatic rings. The Morgan fingerprint density at radius 3 is 1.16 bits per heavy atom. The molecule has 0 fully saturated rings. The molecule has 68 heavy (non-hydrogen) atoms. The molecule has 14 heteroatoms. The minimum atomic E-state index is -3.12. The van der Waals surface area contributed by atoms with Gasteiger partial charge in [-0.15, -0.1) is 148 Å². The van der Waals surface area contributed by atoms with Crippen LogP contribution in [0.5, 0.6) is 0 Å². The third kappa shape index (κ3) is 14.3. The van der Waals surface area contributed by atoms with Crippen LogP contribution < -0.4 is 24.8 Å². The molecule has 2 nitrogen and oxygen atoms in total. The third-order valence-corrected chi connectivity index (χ3v) is 20.4.